The number of carbonyl (C=O) groups is 1. The Bertz CT molecular complexity index is 1650. The lowest BCUT2D eigenvalue weighted by molar-refractivity contribution is -0.154. The van der Waals surface area contributed by atoms with Crippen molar-refractivity contribution in [1.82, 2.24) is 4.90 Å². The van der Waals surface area contributed by atoms with Gasteiger partial charge in [0.2, 0.25) is 11.2 Å². The van der Waals surface area contributed by atoms with E-state index in [0.29, 0.717) is 26.3 Å². The SMILES string of the molecule is Cc1ccc(C(=O)Oc2ccc3c(=O)c(Oc4ccc(C)c(C)c4)c(C(F)(F)F)oc3c2CN2CCOCC2)cc1. The molecule has 0 unspecified atom stereocenters. The average molecular weight is 568 g/mol. The lowest BCUT2D eigenvalue weighted by Crippen LogP contribution is -2.36. The Morgan fingerprint density at radius 2 is 1.66 bits per heavy atom. The van der Waals surface area contributed by atoms with E-state index < -0.39 is 29.1 Å². The molecule has 0 saturated carbocycles. The van der Waals surface area contributed by atoms with Crippen LogP contribution in [-0.2, 0) is 17.5 Å². The molecule has 1 saturated heterocycles. The second kappa shape index (κ2) is 11.4. The number of hydrogen-bond donors (Lipinski definition) is 0. The van der Waals surface area contributed by atoms with Gasteiger partial charge in [0.25, 0.3) is 5.76 Å². The number of halogens is 3. The highest BCUT2D eigenvalue weighted by atomic mass is 19.4. The first kappa shape index (κ1) is 28.4. The van der Waals surface area contributed by atoms with Crippen LogP contribution >= 0.6 is 0 Å². The minimum atomic E-state index is -5.05. The Morgan fingerprint density at radius 1 is 0.951 bits per heavy atom. The predicted octanol–water partition coefficient (Wildman–Crippen LogP) is 6.58. The van der Waals surface area contributed by atoms with Crippen molar-refractivity contribution in [2.45, 2.75) is 33.5 Å². The number of nitrogens with zero attached hydrogens (tertiary/aromatic N) is 1. The molecule has 10 heteroatoms. The van der Waals surface area contributed by atoms with Crippen LogP contribution in [0.25, 0.3) is 11.0 Å². The van der Waals surface area contributed by atoms with Gasteiger partial charge in [0.15, 0.2) is 0 Å². The molecule has 41 heavy (non-hydrogen) atoms. The molecule has 3 aromatic carbocycles. The van der Waals surface area contributed by atoms with Crippen LogP contribution in [-0.4, -0.2) is 37.2 Å². The maximum atomic E-state index is 14.3. The molecule has 0 bridgehead atoms. The minimum absolute atomic E-state index is 0.00586. The Morgan fingerprint density at radius 3 is 2.32 bits per heavy atom. The Kier molecular flexibility index (Phi) is 7.88. The first-order valence-electron chi connectivity index (χ1n) is 13.0. The molecule has 2 heterocycles. The normalized spacial score (nSPS) is 14.3. The van der Waals surface area contributed by atoms with Crippen LogP contribution in [0.3, 0.4) is 0 Å². The molecule has 0 atom stereocenters. The Balaban J connectivity index is 1.65. The zero-order valence-electron chi connectivity index (χ0n) is 22.8. The summed E-state index contributed by atoms with van der Waals surface area (Å²) < 4.78 is 65.1. The zero-order valence-corrected chi connectivity index (χ0v) is 22.8. The molecule has 4 aromatic rings. The summed E-state index contributed by atoms with van der Waals surface area (Å²) in [7, 11) is 0. The molecule has 1 aliphatic heterocycles. The maximum absolute atomic E-state index is 14.3. The second-order valence-electron chi connectivity index (χ2n) is 10.00. The summed E-state index contributed by atoms with van der Waals surface area (Å²) in [5.41, 5.74) is 1.74. The molecule has 0 spiro atoms. The van der Waals surface area contributed by atoms with Crippen LogP contribution < -0.4 is 14.9 Å². The molecule has 0 N–H and O–H groups in total. The first-order chi connectivity index (χ1) is 19.5. The van der Waals surface area contributed by atoms with Gasteiger partial charge in [-0.1, -0.05) is 23.8 Å². The van der Waals surface area contributed by atoms with Crippen molar-refractivity contribution in [3.8, 4) is 17.2 Å². The van der Waals surface area contributed by atoms with Crippen molar-refractivity contribution < 1.29 is 36.6 Å². The summed E-state index contributed by atoms with van der Waals surface area (Å²) in [5, 5.41) is -0.129. The monoisotopic (exact) mass is 567 g/mol. The van der Waals surface area contributed by atoms with Gasteiger partial charge < -0.3 is 18.6 Å². The van der Waals surface area contributed by atoms with E-state index >= 15 is 0 Å². The van der Waals surface area contributed by atoms with Crippen molar-refractivity contribution in [1.29, 1.82) is 0 Å². The van der Waals surface area contributed by atoms with Gasteiger partial charge in [0.05, 0.1) is 29.7 Å². The summed E-state index contributed by atoms with van der Waals surface area (Å²) in [4.78, 5) is 28.4. The van der Waals surface area contributed by atoms with Gasteiger partial charge in [0, 0.05) is 19.6 Å². The van der Waals surface area contributed by atoms with E-state index in [2.05, 4.69) is 0 Å². The van der Waals surface area contributed by atoms with Gasteiger partial charge in [-0.25, -0.2) is 4.79 Å². The summed E-state index contributed by atoms with van der Waals surface area (Å²) in [6, 6.07) is 14.1. The van der Waals surface area contributed by atoms with Gasteiger partial charge in [-0.05, 0) is 68.3 Å². The van der Waals surface area contributed by atoms with E-state index in [0.717, 1.165) is 16.7 Å². The largest absolute Gasteiger partial charge is 0.453 e. The molecule has 7 nitrogen and oxygen atoms in total. The number of alkyl halides is 3. The Labute approximate surface area is 234 Å². The van der Waals surface area contributed by atoms with Crippen LogP contribution in [0.15, 0.2) is 63.8 Å². The quantitative estimate of drug-likeness (QED) is 0.192. The van der Waals surface area contributed by atoms with E-state index in [1.54, 1.807) is 43.3 Å². The molecular weight excluding hydrogens is 539 g/mol. The van der Waals surface area contributed by atoms with E-state index in [4.69, 9.17) is 18.6 Å². The average Bonchev–Trinajstić information content (AvgIpc) is 2.93. The third kappa shape index (κ3) is 6.13. The smallest absolute Gasteiger partial charge is 0.449 e. The highest BCUT2D eigenvalue weighted by Crippen LogP contribution is 2.40. The summed E-state index contributed by atoms with van der Waals surface area (Å²) in [5.74, 6) is -3.16. The fraction of sp³-hybridized carbons (Fsp3) is 0.290. The number of carbonyl (C=O) groups excluding carboxylic acids is 1. The molecule has 1 aromatic heterocycles. The maximum Gasteiger partial charge on any atom is 0.453 e. The number of fused-ring (bicyclic) bond motifs is 1. The highest BCUT2D eigenvalue weighted by molar-refractivity contribution is 5.92. The summed E-state index contributed by atoms with van der Waals surface area (Å²) in [6.45, 7) is 7.41. The van der Waals surface area contributed by atoms with Gasteiger partial charge in [0.1, 0.15) is 17.1 Å². The fourth-order valence-electron chi connectivity index (χ4n) is 4.53. The summed E-state index contributed by atoms with van der Waals surface area (Å²) >= 11 is 0. The highest BCUT2D eigenvalue weighted by Gasteiger charge is 2.41. The van der Waals surface area contributed by atoms with Crippen molar-refractivity contribution in [3.63, 3.8) is 0 Å². The second-order valence-corrected chi connectivity index (χ2v) is 10.00. The fourth-order valence-corrected chi connectivity index (χ4v) is 4.53. The van der Waals surface area contributed by atoms with E-state index in [-0.39, 0.29) is 40.1 Å². The van der Waals surface area contributed by atoms with Gasteiger partial charge in [-0.3, -0.25) is 9.69 Å². The molecule has 5 rings (SSSR count). The standard InChI is InChI=1S/C31H28F3NO6/c1-18-4-7-21(8-5-18)30(37)40-25-11-10-23-26(36)28(39-22-9-6-19(2)20(3)16-22)29(31(32,33)34)41-27(23)24(25)17-35-12-14-38-15-13-35/h4-11,16H,12-15,17H2,1-3H3. The third-order valence-electron chi connectivity index (χ3n) is 7.01. The number of hydrogen-bond acceptors (Lipinski definition) is 7. The molecule has 0 aliphatic carbocycles. The van der Waals surface area contributed by atoms with Gasteiger partial charge >= 0.3 is 12.1 Å². The number of morpholine rings is 1. The van der Waals surface area contributed by atoms with E-state index in [1.165, 1.54) is 18.2 Å². The van der Waals surface area contributed by atoms with Crippen LogP contribution in [0.2, 0.25) is 0 Å². The van der Waals surface area contributed by atoms with Gasteiger partial charge in [-0.2, -0.15) is 13.2 Å². The Hall–Kier alpha value is -4.15. The van der Waals surface area contributed by atoms with Crippen molar-refractivity contribution in [2.24, 2.45) is 0 Å². The molecule has 0 amide bonds. The summed E-state index contributed by atoms with van der Waals surface area (Å²) in [6.07, 6.45) is -5.05. The molecule has 214 valence electrons. The lowest BCUT2D eigenvalue weighted by Gasteiger charge is -2.27. The lowest BCUT2D eigenvalue weighted by atomic mass is 10.1. The number of ether oxygens (including phenoxy) is 3. The zero-order chi connectivity index (χ0) is 29.3. The number of benzene rings is 3. The molecule has 0 radical (unpaired) electrons. The minimum Gasteiger partial charge on any atom is -0.449 e. The molecular formula is C31H28F3NO6. The first-order valence-corrected chi connectivity index (χ1v) is 13.0. The van der Waals surface area contributed by atoms with Crippen LogP contribution in [0.4, 0.5) is 13.2 Å². The predicted molar refractivity (Wildman–Crippen MR) is 146 cm³/mol. The van der Waals surface area contributed by atoms with Crippen molar-refractivity contribution in [3.05, 3.63) is 98.4 Å². The third-order valence-corrected chi connectivity index (χ3v) is 7.01. The van der Waals surface area contributed by atoms with Crippen molar-refractivity contribution >= 4 is 16.9 Å². The van der Waals surface area contributed by atoms with Gasteiger partial charge in [-0.15, -0.1) is 0 Å². The number of esters is 1. The van der Waals surface area contributed by atoms with E-state index in [9.17, 15) is 22.8 Å². The number of rotatable bonds is 6. The molecule has 1 aliphatic rings. The van der Waals surface area contributed by atoms with Crippen LogP contribution in [0.5, 0.6) is 17.2 Å². The van der Waals surface area contributed by atoms with Crippen LogP contribution in [0.1, 0.15) is 38.4 Å². The molecule has 1 fully saturated rings. The number of aryl methyl sites for hydroxylation is 3. The topological polar surface area (TPSA) is 78.2 Å². The van der Waals surface area contributed by atoms with Crippen molar-refractivity contribution in [2.75, 3.05) is 26.3 Å². The van der Waals surface area contributed by atoms with Crippen LogP contribution in [0, 0.1) is 20.8 Å². The van der Waals surface area contributed by atoms with E-state index in [1.807, 2.05) is 18.7 Å².